The number of ether oxygens (including phenoxy) is 3. The number of rotatable bonds is 7. The molecule has 2 aliphatic heterocycles. The van der Waals surface area contributed by atoms with Crippen molar-refractivity contribution in [3.05, 3.63) is 59.4 Å². The molecule has 0 bridgehead atoms. The molecule has 2 aliphatic rings. The van der Waals surface area contributed by atoms with Gasteiger partial charge in [-0.15, -0.1) is 0 Å². The molecule has 2 saturated heterocycles. The van der Waals surface area contributed by atoms with E-state index in [2.05, 4.69) is 54.9 Å². The minimum absolute atomic E-state index is 0.162. The van der Waals surface area contributed by atoms with Crippen LogP contribution in [0.3, 0.4) is 0 Å². The highest BCUT2D eigenvalue weighted by Gasteiger charge is 2.27. The molecule has 42 heavy (non-hydrogen) atoms. The number of hydrogen-bond donors (Lipinski definition) is 1. The van der Waals surface area contributed by atoms with Gasteiger partial charge in [0, 0.05) is 62.4 Å². The molecule has 1 N–H and O–H groups in total. The van der Waals surface area contributed by atoms with E-state index in [-0.39, 0.29) is 11.5 Å². The molecule has 0 radical (unpaired) electrons. The Morgan fingerprint density at radius 1 is 0.810 bits per heavy atom. The monoisotopic (exact) mass is 578 g/mol. The lowest BCUT2D eigenvalue weighted by Crippen LogP contribution is -2.53. The van der Waals surface area contributed by atoms with Crippen molar-refractivity contribution in [2.75, 3.05) is 77.9 Å². The molecule has 9 nitrogen and oxygen atoms in total. The summed E-state index contributed by atoms with van der Waals surface area (Å²) in [6.07, 6.45) is 5.44. The molecule has 0 saturated carbocycles. The fourth-order valence-corrected chi connectivity index (χ4v) is 5.42. The van der Waals surface area contributed by atoms with Crippen LogP contribution in [0.15, 0.2) is 36.7 Å². The van der Waals surface area contributed by atoms with Gasteiger partial charge in [0.05, 0.1) is 32.6 Å². The summed E-state index contributed by atoms with van der Waals surface area (Å²) in [6.45, 7) is 6.35. The molecule has 222 valence electrons. The van der Waals surface area contributed by atoms with Crippen LogP contribution < -0.4 is 24.4 Å². The summed E-state index contributed by atoms with van der Waals surface area (Å²) in [4.78, 5) is 16.0. The largest absolute Gasteiger partial charge is 0.495 e. The first-order chi connectivity index (χ1) is 20.4. The van der Waals surface area contributed by atoms with Gasteiger partial charge in [-0.05, 0) is 45.1 Å². The second kappa shape index (κ2) is 13.2. The Morgan fingerprint density at radius 2 is 1.43 bits per heavy atom. The molecule has 0 atom stereocenters. The Hall–Kier alpha value is -4.14. The predicted octanol–water partition coefficient (Wildman–Crippen LogP) is 4.14. The van der Waals surface area contributed by atoms with Gasteiger partial charge in [-0.2, -0.15) is 0 Å². The van der Waals surface area contributed by atoms with Crippen molar-refractivity contribution in [3.8, 4) is 29.1 Å². The molecular weight excluding hydrogens is 542 g/mol. The number of piperidine rings is 1. The zero-order valence-electron chi connectivity index (χ0n) is 24.4. The third-order valence-corrected chi connectivity index (χ3v) is 7.85. The molecule has 2 aromatic carbocycles. The summed E-state index contributed by atoms with van der Waals surface area (Å²) in [7, 11) is 6.44. The van der Waals surface area contributed by atoms with Crippen molar-refractivity contribution in [2.24, 2.45) is 0 Å². The Bertz CT molecular complexity index is 1420. The molecule has 5 rings (SSSR count). The van der Waals surface area contributed by atoms with Crippen LogP contribution in [-0.4, -0.2) is 93.5 Å². The average molecular weight is 579 g/mol. The van der Waals surface area contributed by atoms with Gasteiger partial charge >= 0.3 is 0 Å². The number of halogens is 2. The molecule has 3 aromatic rings. The summed E-state index contributed by atoms with van der Waals surface area (Å²) in [5, 5.41) is 3.18. The van der Waals surface area contributed by atoms with Gasteiger partial charge in [0.1, 0.15) is 11.3 Å². The number of benzene rings is 2. The zero-order chi connectivity index (χ0) is 29.6. The fourth-order valence-electron chi connectivity index (χ4n) is 5.42. The van der Waals surface area contributed by atoms with Gasteiger partial charge in [0.15, 0.2) is 23.1 Å². The maximum absolute atomic E-state index is 14.6. The number of aromatic nitrogens is 2. The molecule has 3 heterocycles. The quantitative estimate of drug-likeness (QED) is 0.417. The van der Waals surface area contributed by atoms with Crippen LogP contribution >= 0.6 is 0 Å². The first-order valence-electron chi connectivity index (χ1n) is 14.0. The van der Waals surface area contributed by atoms with Crippen molar-refractivity contribution in [3.63, 3.8) is 0 Å². The van der Waals surface area contributed by atoms with Crippen molar-refractivity contribution < 1.29 is 23.0 Å². The summed E-state index contributed by atoms with van der Waals surface area (Å²) < 4.78 is 44.8. The van der Waals surface area contributed by atoms with E-state index in [9.17, 15) is 8.78 Å². The highest BCUT2D eigenvalue weighted by molar-refractivity contribution is 5.67. The Balaban J connectivity index is 1.23. The van der Waals surface area contributed by atoms with Gasteiger partial charge in [0.25, 0.3) is 0 Å². The highest BCUT2D eigenvalue weighted by atomic mass is 19.1. The highest BCUT2D eigenvalue weighted by Crippen LogP contribution is 2.33. The molecule has 2 fully saturated rings. The van der Waals surface area contributed by atoms with E-state index in [0.717, 1.165) is 49.4 Å². The molecule has 0 aliphatic carbocycles. The number of likely N-dealkylation sites (tertiary alicyclic amines) is 1. The van der Waals surface area contributed by atoms with Gasteiger partial charge in [0.2, 0.25) is 5.95 Å². The Labute approximate surface area is 245 Å². The number of nitrogens with one attached hydrogen (secondary N) is 1. The van der Waals surface area contributed by atoms with Crippen LogP contribution in [0.5, 0.6) is 17.2 Å². The lowest BCUT2D eigenvalue weighted by atomic mass is 10.0. The van der Waals surface area contributed by atoms with Crippen molar-refractivity contribution in [1.29, 1.82) is 0 Å². The predicted molar refractivity (Wildman–Crippen MR) is 158 cm³/mol. The third kappa shape index (κ3) is 6.50. The number of anilines is 3. The summed E-state index contributed by atoms with van der Waals surface area (Å²) in [5.74, 6) is 4.19. The van der Waals surface area contributed by atoms with E-state index in [0.29, 0.717) is 17.6 Å². The zero-order valence-corrected chi connectivity index (χ0v) is 24.4. The van der Waals surface area contributed by atoms with Crippen LogP contribution in [0.1, 0.15) is 24.0 Å². The van der Waals surface area contributed by atoms with E-state index in [1.54, 1.807) is 7.11 Å². The van der Waals surface area contributed by atoms with Gasteiger partial charge in [-0.1, -0.05) is 11.8 Å². The topological polar surface area (TPSA) is 75.2 Å². The standard InChI is InChI=1S/C31H36F2N6O3/c1-37-11-9-23(10-12-37)38-13-15-39(16-14-38)25-8-6-22(17-26(25)40-2)36-31-34-19-21(20-35-31)5-7-24-29(32)27(41-3)18-28(42-4)30(24)33/h6,8,17-20,23H,9-16H2,1-4H3,(H,34,35,36). The van der Waals surface area contributed by atoms with E-state index in [4.69, 9.17) is 14.2 Å². The Kier molecular flexibility index (Phi) is 9.25. The van der Waals surface area contributed by atoms with Crippen LogP contribution in [0, 0.1) is 23.5 Å². The minimum Gasteiger partial charge on any atom is -0.495 e. The van der Waals surface area contributed by atoms with Crippen LogP contribution in [0.4, 0.5) is 26.1 Å². The summed E-state index contributed by atoms with van der Waals surface area (Å²) >= 11 is 0. The Morgan fingerprint density at radius 3 is 2.02 bits per heavy atom. The van der Waals surface area contributed by atoms with Gasteiger partial charge in [-0.25, -0.2) is 18.7 Å². The molecule has 0 amide bonds. The minimum atomic E-state index is -0.904. The number of methoxy groups -OCH3 is 3. The van der Waals surface area contributed by atoms with E-state index < -0.39 is 17.2 Å². The first-order valence-corrected chi connectivity index (χ1v) is 14.0. The second-order valence-electron chi connectivity index (χ2n) is 10.4. The van der Waals surface area contributed by atoms with Gasteiger partial charge < -0.3 is 29.3 Å². The maximum atomic E-state index is 14.6. The molecule has 0 unspecified atom stereocenters. The number of nitrogens with zero attached hydrogens (tertiary/aromatic N) is 5. The average Bonchev–Trinajstić information content (AvgIpc) is 3.02. The first kappa shape index (κ1) is 29.4. The second-order valence-corrected chi connectivity index (χ2v) is 10.4. The smallest absolute Gasteiger partial charge is 0.227 e. The van der Waals surface area contributed by atoms with Crippen molar-refractivity contribution in [2.45, 2.75) is 18.9 Å². The number of hydrogen-bond acceptors (Lipinski definition) is 9. The van der Waals surface area contributed by atoms with Gasteiger partial charge in [-0.3, -0.25) is 4.90 Å². The number of piperazine rings is 1. The summed E-state index contributed by atoms with van der Waals surface area (Å²) in [5.41, 5.74) is 1.76. The van der Waals surface area contributed by atoms with Crippen LogP contribution in [0.2, 0.25) is 0 Å². The normalized spacial score (nSPS) is 16.5. The van der Waals surface area contributed by atoms with Crippen molar-refractivity contribution >= 4 is 17.3 Å². The molecule has 11 heteroatoms. The fraction of sp³-hybridized carbons (Fsp3) is 0.419. The summed E-state index contributed by atoms with van der Waals surface area (Å²) in [6, 6.07) is 7.77. The van der Waals surface area contributed by atoms with Crippen molar-refractivity contribution in [1.82, 2.24) is 19.8 Å². The van der Waals surface area contributed by atoms with E-state index in [1.165, 1.54) is 52.5 Å². The molecular formula is C31H36F2N6O3. The van der Waals surface area contributed by atoms with Crippen LogP contribution in [-0.2, 0) is 0 Å². The lowest BCUT2D eigenvalue weighted by molar-refractivity contribution is 0.115. The third-order valence-electron chi connectivity index (χ3n) is 7.85. The van der Waals surface area contributed by atoms with Crippen LogP contribution in [0.25, 0.3) is 0 Å². The molecule has 1 aromatic heterocycles. The lowest BCUT2D eigenvalue weighted by Gasteiger charge is -2.43. The van der Waals surface area contributed by atoms with E-state index in [1.807, 2.05) is 12.1 Å². The molecule has 0 spiro atoms. The maximum Gasteiger partial charge on any atom is 0.227 e. The van der Waals surface area contributed by atoms with E-state index >= 15 is 0 Å². The SMILES string of the molecule is COc1cc(Nc2ncc(C#Cc3c(F)c(OC)cc(OC)c3F)cn2)ccc1N1CCN(C2CCN(C)CC2)CC1.